The molecule has 1 N–H and O–H groups in total. The Morgan fingerprint density at radius 3 is 2.29 bits per heavy atom. The SMILES string of the molecule is Cc1ccc(S(=O)(=O)OCCOc2ccc(N(C)Cc3cccc(Cl)c3)c(C(=N)S(=O)(=O)c3cccc4ccccc34)c2)cc1. The summed E-state index contributed by atoms with van der Waals surface area (Å²) in [5, 5.41) is 10.2. The second-order valence-corrected chi connectivity index (χ2v) is 14.3. The Bertz CT molecular complexity index is 2080. The second kappa shape index (κ2) is 13.4. The molecule has 0 heterocycles. The van der Waals surface area contributed by atoms with Gasteiger partial charge in [-0.15, -0.1) is 0 Å². The van der Waals surface area contributed by atoms with Gasteiger partial charge in [-0.25, -0.2) is 8.42 Å². The molecule has 45 heavy (non-hydrogen) atoms. The van der Waals surface area contributed by atoms with Crippen molar-refractivity contribution >= 4 is 53.1 Å². The van der Waals surface area contributed by atoms with Gasteiger partial charge in [-0.3, -0.25) is 9.59 Å². The monoisotopic (exact) mass is 662 g/mol. The number of rotatable bonds is 11. The zero-order valence-corrected chi connectivity index (χ0v) is 27.0. The predicted molar refractivity (Wildman–Crippen MR) is 178 cm³/mol. The molecule has 0 amide bonds. The first-order chi connectivity index (χ1) is 21.5. The molecule has 11 heteroatoms. The van der Waals surface area contributed by atoms with E-state index >= 15 is 0 Å². The van der Waals surface area contributed by atoms with E-state index in [1.807, 2.05) is 48.2 Å². The Balaban J connectivity index is 1.43. The maximum Gasteiger partial charge on any atom is 0.297 e. The Morgan fingerprint density at radius 1 is 0.822 bits per heavy atom. The van der Waals surface area contributed by atoms with Gasteiger partial charge in [-0.1, -0.05) is 77.8 Å². The Labute approximate surface area is 268 Å². The average Bonchev–Trinajstić information content (AvgIpc) is 3.02. The summed E-state index contributed by atoms with van der Waals surface area (Å²) < 4.78 is 64.0. The van der Waals surface area contributed by atoms with Gasteiger partial charge in [-0.2, -0.15) is 8.42 Å². The first-order valence-electron chi connectivity index (χ1n) is 14.0. The van der Waals surface area contributed by atoms with Gasteiger partial charge < -0.3 is 9.64 Å². The highest BCUT2D eigenvalue weighted by Gasteiger charge is 2.28. The van der Waals surface area contributed by atoms with Crippen molar-refractivity contribution in [2.45, 2.75) is 23.3 Å². The van der Waals surface area contributed by atoms with Crippen LogP contribution in [-0.4, -0.2) is 42.1 Å². The van der Waals surface area contributed by atoms with E-state index in [0.29, 0.717) is 22.6 Å². The van der Waals surface area contributed by atoms with Crippen LogP contribution in [0.25, 0.3) is 10.8 Å². The number of anilines is 1. The van der Waals surface area contributed by atoms with E-state index in [9.17, 15) is 16.8 Å². The van der Waals surface area contributed by atoms with Crippen molar-refractivity contribution in [2.75, 3.05) is 25.2 Å². The van der Waals surface area contributed by atoms with Gasteiger partial charge in [0.2, 0.25) is 9.84 Å². The lowest BCUT2D eigenvalue weighted by Gasteiger charge is -2.24. The Hall–Kier alpha value is -4.22. The molecule has 0 bridgehead atoms. The van der Waals surface area contributed by atoms with Crippen molar-refractivity contribution in [3.63, 3.8) is 0 Å². The summed E-state index contributed by atoms with van der Waals surface area (Å²) in [6.07, 6.45) is 0. The highest BCUT2D eigenvalue weighted by molar-refractivity contribution is 8.07. The zero-order valence-electron chi connectivity index (χ0n) is 24.6. The molecule has 0 aliphatic rings. The van der Waals surface area contributed by atoms with Crippen molar-refractivity contribution in [3.05, 3.63) is 131 Å². The summed E-state index contributed by atoms with van der Waals surface area (Å²) in [4.78, 5) is 1.89. The third-order valence-corrected chi connectivity index (χ3v) is 10.4. The number of aryl methyl sites for hydroxylation is 1. The Morgan fingerprint density at radius 2 is 1.53 bits per heavy atom. The van der Waals surface area contributed by atoms with Crippen molar-refractivity contribution < 1.29 is 25.8 Å². The van der Waals surface area contributed by atoms with Crippen LogP contribution in [0.4, 0.5) is 5.69 Å². The van der Waals surface area contributed by atoms with Crippen LogP contribution in [0.1, 0.15) is 16.7 Å². The average molecular weight is 663 g/mol. The van der Waals surface area contributed by atoms with Gasteiger partial charge in [0, 0.05) is 35.3 Å². The minimum atomic E-state index is -4.27. The third kappa shape index (κ3) is 7.37. The van der Waals surface area contributed by atoms with Crippen LogP contribution in [0, 0.1) is 12.3 Å². The summed E-state index contributed by atoms with van der Waals surface area (Å²) in [5.74, 6) is 0.249. The fraction of sp³-hybridized carbons (Fsp3) is 0.147. The van der Waals surface area contributed by atoms with Crippen LogP contribution in [0.2, 0.25) is 5.02 Å². The quantitative estimate of drug-likeness (QED) is 0.0700. The number of nitrogens with zero attached hydrogens (tertiary/aromatic N) is 1. The van der Waals surface area contributed by atoms with E-state index in [2.05, 4.69) is 0 Å². The third-order valence-electron chi connectivity index (χ3n) is 7.14. The lowest BCUT2D eigenvalue weighted by Crippen LogP contribution is -2.23. The van der Waals surface area contributed by atoms with Gasteiger partial charge >= 0.3 is 0 Å². The Kier molecular flexibility index (Phi) is 9.59. The number of halogens is 1. The van der Waals surface area contributed by atoms with Crippen LogP contribution in [0.3, 0.4) is 0 Å². The molecule has 0 unspecified atom stereocenters. The highest BCUT2D eigenvalue weighted by Crippen LogP contribution is 2.32. The molecule has 0 saturated carbocycles. The molecular weight excluding hydrogens is 632 g/mol. The molecule has 0 aliphatic heterocycles. The standard InChI is InChI=1S/C34H31ClN2O6S2/c1-24-13-16-29(17-14-24)45(40,41)43-20-19-42-28-15-18-32(37(2)23-25-7-5-10-27(35)21-25)31(22-28)34(36)44(38,39)33-12-6-9-26-8-3-4-11-30(26)33/h3-18,21-22,36H,19-20,23H2,1-2H3. The molecule has 5 aromatic rings. The summed E-state index contributed by atoms with van der Waals surface area (Å²) in [7, 11) is -6.46. The topological polar surface area (TPSA) is 114 Å². The fourth-order valence-corrected chi connectivity index (χ4v) is 7.39. The van der Waals surface area contributed by atoms with Gasteiger partial charge in [0.25, 0.3) is 10.1 Å². The molecule has 0 saturated heterocycles. The van der Waals surface area contributed by atoms with Crippen LogP contribution < -0.4 is 9.64 Å². The fourth-order valence-electron chi connectivity index (χ4n) is 4.87. The summed E-state index contributed by atoms with van der Waals surface area (Å²) in [6, 6.07) is 30.5. The van der Waals surface area contributed by atoms with Crippen LogP contribution in [0.15, 0.2) is 119 Å². The highest BCUT2D eigenvalue weighted by atomic mass is 35.5. The van der Waals surface area contributed by atoms with Gasteiger partial charge in [0.1, 0.15) is 19.0 Å². The minimum absolute atomic E-state index is 0.0232. The summed E-state index contributed by atoms with van der Waals surface area (Å²) >= 11 is 6.19. The normalized spacial score (nSPS) is 11.8. The predicted octanol–water partition coefficient (Wildman–Crippen LogP) is 7.02. The number of nitrogens with one attached hydrogen (secondary N) is 1. The van der Waals surface area contributed by atoms with Crippen molar-refractivity contribution in [2.24, 2.45) is 0 Å². The van der Waals surface area contributed by atoms with Gasteiger partial charge in [0.05, 0.1) is 9.79 Å². The number of hydrogen-bond acceptors (Lipinski definition) is 8. The molecule has 5 rings (SSSR count). The number of sulfone groups is 1. The second-order valence-electron chi connectivity index (χ2n) is 10.4. The molecule has 0 aliphatic carbocycles. The van der Waals surface area contributed by atoms with E-state index in [1.54, 1.807) is 55.6 Å². The van der Waals surface area contributed by atoms with E-state index < -0.39 is 25.0 Å². The van der Waals surface area contributed by atoms with E-state index in [4.69, 9.17) is 25.9 Å². The maximum absolute atomic E-state index is 14.0. The number of fused-ring (bicyclic) bond motifs is 1. The molecule has 0 spiro atoms. The first kappa shape index (κ1) is 32.2. The molecule has 0 fully saturated rings. The molecule has 0 atom stereocenters. The first-order valence-corrected chi connectivity index (χ1v) is 17.2. The van der Waals surface area contributed by atoms with Gasteiger partial charge in [0.15, 0.2) is 5.04 Å². The smallest absolute Gasteiger partial charge is 0.297 e. The molecule has 5 aromatic carbocycles. The van der Waals surface area contributed by atoms with Crippen molar-refractivity contribution in [1.29, 1.82) is 5.41 Å². The van der Waals surface area contributed by atoms with Crippen LogP contribution >= 0.6 is 11.6 Å². The molecule has 232 valence electrons. The number of benzene rings is 5. The number of ether oxygens (including phenoxy) is 1. The van der Waals surface area contributed by atoms with Crippen LogP contribution in [-0.2, 0) is 30.7 Å². The molecule has 0 radical (unpaired) electrons. The molecular formula is C34H31ClN2O6S2. The summed E-state index contributed by atoms with van der Waals surface area (Å²) in [6.45, 7) is 1.84. The van der Waals surface area contributed by atoms with E-state index in [0.717, 1.165) is 16.5 Å². The van der Waals surface area contributed by atoms with Crippen LogP contribution in [0.5, 0.6) is 5.75 Å². The zero-order chi connectivity index (χ0) is 32.2. The van der Waals surface area contributed by atoms with Crippen molar-refractivity contribution in [1.82, 2.24) is 0 Å². The maximum atomic E-state index is 14.0. The van der Waals surface area contributed by atoms with E-state index in [1.165, 1.54) is 24.3 Å². The summed E-state index contributed by atoms with van der Waals surface area (Å²) in [5.41, 5.74) is 2.42. The van der Waals surface area contributed by atoms with E-state index in [-0.39, 0.29) is 34.3 Å². The minimum Gasteiger partial charge on any atom is -0.491 e. The van der Waals surface area contributed by atoms with Crippen molar-refractivity contribution in [3.8, 4) is 5.75 Å². The largest absolute Gasteiger partial charge is 0.491 e. The van der Waals surface area contributed by atoms with Gasteiger partial charge in [-0.05, 0) is 66.4 Å². The molecule has 8 nitrogen and oxygen atoms in total. The molecule has 0 aromatic heterocycles. The lowest BCUT2D eigenvalue weighted by atomic mass is 10.1. The lowest BCUT2D eigenvalue weighted by molar-refractivity contribution is 0.221. The number of hydrogen-bond donors (Lipinski definition) is 1.